The lowest BCUT2D eigenvalue weighted by molar-refractivity contribution is -0.123. The molecular formula is C23H19ClN2O3. The van der Waals surface area contributed by atoms with Gasteiger partial charge in [-0.05, 0) is 55.0 Å². The molecule has 4 atom stereocenters. The minimum Gasteiger partial charge on any atom is -0.322 e. The average Bonchev–Trinajstić information content (AvgIpc) is 3.38. The highest BCUT2D eigenvalue weighted by atomic mass is 35.5. The van der Waals surface area contributed by atoms with Crippen LogP contribution in [0.15, 0.2) is 54.6 Å². The lowest BCUT2D eigenvalue weighted by atomic mass is 9.85. The molecule has 1 saturated carbocycles. The first-order valence-corrected chi connectivity index (χ1v) is 10.1. The van der Waals surface area contributed by atoms with E-state index in [1.807, 2.05) is 13.0 Å². The molecule has 2 bridgehead atoms. The molecular weight excluding hydrogens is 388 g/mol. The summed E-state index contributed by atoms with van der Waals surface area (Å²) in [7, 11) is 0. The van der Waals surface area contributed by atoms with E-state index in [0.717, 1.165) is 12.0 Å². The summed E-state index contributed by atoms with van der Waals surface area (Å²) in [4.78, 5) is 40.5. The largest absolute Gasteiger partial charge is 0.322 e. The number of carbonyl (C=O) groups excluding carboxylic acids is 3. The Morgan fingerprint density at radius 1 is 1.03 bits per heavy atom. The van der Waals surface area contributed by atoms with Gasteiger partial charge in [0.1, 0.15) is 0 Å². The molecule has 2 aromatic carbocycles. The Morgan fingerprint density at radius 2 is 1.69 bits per heavy atom. The summed E-state index contributed by atoms with van der Waals surface area (Å²) in [5, 5.41) is 3.37. The van der Waals surface area contributed by atoms with Crippen LogP contribution in [-0.4, -0.2) is 17.7 Å². The number of benzene rings is 2. The maximum absolute atomic E-state index is 13.1. The predicted octanol–water partition coefficient (Wildman–Crippen LogP) is 4.21. The summed E-state index contributed by atoms with van der Waals surface area (Å²) in [6.07, 6.45) is 4.99. The number of allylic oxidation sites excluding steroid dienone is 2. The summed E-state index contributed by atoms with van der Waals surface area (Å²) in [6.45, 7) is 1.87. The zero-order chi connectivity index (χ0) is 20.3. The molecule has 5 rings (SSSR count). The number of carbonyl (C=O) groups is 3. The van der Waals surface area contributed by atoms with Crippen LogP contribution in [0.5, 0.6) is 0 Å². The van der Waals surface area contributed by atoms with E-state index in [-0.39, 0.29) is 47.0 Å². The van der Waals surface area contributed by atoms with Crippen LogP contribution in [0.25, 0.3) is 0 Å². The molecule has 0 spiro atoms. The molecule has 1 aliphatic heterocycles. The van der Waals surface area contributed by atoms with Crippen molar-refractivity contribution in [1.29, 1.82) is 0 Å². The first kappa shape index (κ1) is 18.1. The lowest BCUT2D eigenvalue weighted by Crippen LogP contribution is -2.34. The fourth-order valence-corrected chi connectivity index (χ4v) is 5.09. The van der Waals surface area contributed by atoms with E-state index in [0.29, 0.717) is 16.4 Å². The Labute approximate surface area is 173 Å². The second-order valence-electron chi connectivity index (χ2n) is 7.94. The molecule has 2 aromatic rings. The number of hydrogen-bond donors (Lipinski definition) is 1. The molecule has 5 nitrogen and oxygen atoms in total. The minimum atomic E-state index is -0.385. The van der Waals surface area contributed by atoms with Crippen molar-refractivity contribution in [2.45, 2.75) is 13.3 Å². The number of rotatable bonds is 3. The number of para-hydroxylation sites is 1. The van der Waals surface area contributed by atoms with Crippen LogP contribution in [0.3, 0.4) is 0 Å². The third-order valence-electron chi connectivity index (χ3n) is 6.31. The monoisotopic (exact) mass is 406 g/mol. The van der Waals surface area contributed by atoms with Gasteiger partial charge in [-0.25, -0.2) is 4.90 Å². The van der Waals surface area contributed by atoms with Crippen molar-refractivity contribution in [1.82, 2.24) is 0 Å². The molecule has 1 N–H and O–H groups in total. The number of halogens is 1. The van der Waals surface area contributed by atoms with Gasteiger partial charge in [0.15, 0.2) is 0 Å². The van der Waals surface area contributed by atoms with Crippen molar-refractivity contribution >= 4 is 40.7 Å². The summed E-state index contributed by atoms with van der Waals surface area (Å²) in [5.74, 6) is -1.13. The third kappa shape index (κ3) is 2.72. The van der Waals surface area contributed by atoms with Crippen molar-refractivity contribution in [3.05, 3.63) is 70.8 Å². The van der Waals surface area contributed by atoms with Crippen molar-refractivity contribution in [3.63, 3.8) is 0 Å². The Morgan fingerprint density at radius 3 is 2.38 bits per heavy atom. The van der Waals surface area contributed by atoms with Gasteiger partial charge in [0.25, 0.3) is 5.91 Å². The van der Waals surface area contributed by atoms with Crippen molar-refractivity contribution in [2.24, 2.45) is 23.7 Å². The normalized spacial score (nSPS) is 26.9. The molecule has 146 valence electrons. The molecule has 2 fully saturated rings. The molecule has 29 heavy (non-hydrogen) atoms. The number of nitrogens with zero attached hydrogens (tertiary/aromatic N) is 1. The Balaban J connectivity index is 1.49. The Hall–Kier alpha value is -2.92. The van der Waals surface area contributed by atoms with Gasteiger partial charge < -0.3 is 5.32 Å². The highest BCUT2D eigenvalue weighted by Crippen LogP contribution is 2.53. The predicted molar refractivity (Wildman–Crippen MR) is 111 cm³/mol. The van der Waals surface area contributed by atoms with Crippen LogP contribution in [-0.2, 0) is 9.59 Å². The summed E-state index contributed by atoms with van der Waals surface area (Å²) >= 11 is 6.05. The van der Waals surface area contributed by atoms with E-state index >= 15 is 0 Å². The Kier molecular flexibility index (Phi) is 4.10. The molecule has 0 unspecified atom stereocenters. The van der Waals surface area contributed by atoms with Gasteiger partial charge in [0, 0.05) is 10.7 Å². The molecule has 3 amide bonds. The maximum atomic E-state index is 13.1. The van der Waals surface area contributed by atoms with Crippen LogP contribution in [0.2, 0.25) is 5.02 Å². The molecule has 1 saturated heterocycles. The molecule has 0 radical (unpaired) electrons. The van der Waals surface area contributed by atoms with Crippen LogP contribution >= 0.6 is 11.6 Å². The highest BCUT2D eigenvalue weighted by Gasteiger charge is 2.59. The van der Waals surface area contributed by atoms with Crippen molar-refractivity contribution < 1.29 is 14.4 Å². The van der Waals surface area contributed by atoms with Crippen molar-refractivity contribution in [3.8, 4) is 0 Å². The number of amides is 3. The van der Waals surface area contributed by atoms with Gasteiger partial charge in [-0.1, -0.05) is 42.0 Å². The van der Waals surface area contributed by atoms with Crippen LogP contribution in [0.1, 0.15) is 22.3 Å². The number of imide groups is 1. The van der Waals surface area contributed by atoms with Crippen LogP contribution in [0, 0.1) is 30.6 Å². The second-order valence-corrected chi connectivity index (χ2v) is 8.38. The SMILES string of the molecule is Cc1ccc(Cl)cc1NC(=O)c1ccccc1N1C(=O)[C@@H]2[C@@H](C1=O)[C@@H]1C=C[C@@H]2C1. The lowest BCUT2D eigenvalue weighted by Gasteiger charge is -2.20. The zero-order valence-corrected chi connectivity index (χ0v) is 16.5. The minimum absolute atomic E-state index is 0.126. The van der Waals surface area contributed by atoms with E-state index in [9.17, 15) is 14.4 Å². The van der Waals surface area contributed by atoms with Gasteiger partial charge in [0.05, 0.1) is 23.1 Å². The quantitative estimate of drug-likeness (QED) is 0.613. The number of hydrogen-bond acceptors (Lipinski definition) is 3. The van der Waals surface area contributed by atoms with Crippen LogP contribution < -0.4 is 10.2 Å². The molecule has 6 heteroatoms. The maximum Gasteiger partial charge on any atom is 0.257 e. The van der Waals surface area contributed by atoms with Crippen LogP contribution in [0.4, 0.5) is 11.4 Å². The summed E-state index contributed by atoms with van der Waals surface area (Å²) in [6, 6.07) is 12.0. The fraction of sp³-hybridized carbons (Fsp3) is 0.261. The molecule has 3 aliphatic rings. The van der Waals surface area contributed by atoms with Gasteiger partial charge in [-0.2, -0.15) is 0 Å². The van der Waals surface area contributed by atoms with E-state index in [1.54, 1.807) is 36.4 Å². The van der Waals surface area contributed by atoms with E-state index < -0.39 is 0 Å². The van der Waals surface area contributed by atoms with Gasteiger partial charge >= 0.3 is 0 Å². The zero-order valence-electron chi connectivity index (χ0n) is 15.8. The molecule has 1 heterocycles. The smallest absolute Gasteiger partial charge is 0.257 e. The fourth-order valence-electron chi connectivity index (χ4n) is 4.92. The first-order valence-electron chi connectivity index (χ1n) is 9.68. The van der Waals surface area contributed by atoms with Gasteiger partial charge in [-0.15, -0.1) is 0 Å². The number of nitrogens with one attached hydrogen (secondary N) is 1. The topological polar surface area (TPSA) is 66.5 Å². The van der Waals surface area contributed by atoms with E-state index in [4.69, 9.17) is 11.6 Å². The second kappa shape index (κ2) is 6.56. The van der Waals surface area contributed by atoms with E-state index in [1.165, 1.54) is 4.90 Å². The number of anilines is 2. The Bertz CT molecular complexity index is 1060. The number of aryl methyl sites for hydroxylation is 1. The molecule has 0 aromatic heterocycles. The van der Waals surface area contributed by atoms with Gasteiger partial charge in [-0.3, -0.25) is 14.4 Å². The van der Waals surface area contributed by atoms with Crippen molar-refractivity contribution in [2.75, 3.05) is 10.2 Å². The molecule has 2 aliphatic carbocycles. The summed E-state index contributed by atoms with van der Waals surface area (Å²) < 4.78 is 0. The third-order valence-corrected chi connectivity index (χ3v) is 6.54. The summed E-state index contributed by atoms with van der Waals surface area (Å²) in [5.41, 5.74) is 2.09. The standard InChI is InChI=1S/C23H19ClN2O3/c1-12-6-9-15(24)11-17(12)25-21(27)16-4-2-3-5-18(16)26-22(28)19-13-7-8-14(10-13)20(19)23(26)29/h2-9,11,13-14,19-20H,10H2,1H3,(H,25,27)/t13-,14-,19+,20+/m1/s1. The van der Waals surface area contributed by atoms with E-state index in [2.05, 4.69) is 17.5 Å². The van der Waals surface area contributed by atoms with Gasteiger partial charge in [0.2, 0.25) is 11.8 Å². The average molecular weight is 407 g/mol. The first-order chi connectivity index (χ1) is 14.0. The highest BCUT2D eigenvalue weighted by molar-refractivity contribution is 6.31. The number of fused-ring (bicyclic) bond motifs is 5.